The molecule has 0 spiro atoms. The molecule has 7 nitrogen and oxygen atoms in total. The van der Waals surface area contributed by atoms with Gasteiger partial charge < -0.3 is 24.5 Å². The summed E-state index contributed by atoms with van der Waals surface area (Å²) in [7, 11) is 9.37. The number of ether oxygens (including phenoxy) is 1. The Hall–Kier alpha value is -3.32. The number of carbonyl (C=O) groups is 2. The van der Waals surface area contributed by atoms with Gasteiger partial charge in [-0.05, 0) is 67.9 Å². The van der Waals surface area contributed by atoms with Crippen LogP contribution in [-0.2, 0) is 9.59 Å². The third-order valence-corrected chi connectivity index (χ3v) is 6.51. The molecule has 1 aliphatic rings. The molecule has 0 saturated carbocycles. The number of methoxy groups -OCH3 is 1. The average Bonchev–Trinajstić information content (AvgIpc) is 3.06. The van der Waals surface area contributed by atoms with Crippen LogP contribution in [0.15, 0.2) is 42.0 Å². The van der Waals surface area contributed by atoms with Gasteiger partial charge >= 0.3 is 0 Å². The summed E-state index contributed by atoms with van der Waals surface area (Å²) in [5.41, 5.74) is 4.14. The van der Waals surface area contributed by atoms with Crippen molar-refractivity contribution in [1.82, 2.24) is 9.80 Å². The molecule has 1 saturated heterocycles. The van der Waals surface area contributed by atoms with Crippen molar-refractivity contribution in [3.8, 4) is 5.75 Å². The van der Waals surface area contributed by atoms with Crippen molar-refractivity contribution in [2.24, 2.45) is 0 Å². The van der Waals surface area contributed by atoms with Gasteiger partial charge in [0, 0.05) is 38.4 Å². The third-order valence-electron chi connectivity index (χ3n) is 6.51. The Labute approximate surface area is 208 Å². The standard InChI is InChI=1S/C28H37N3O4/c1-17(2)21-16-22(18(3)15-23(21)35-8)26(32)24-25(19-9-11-20(12-10-19)30(6)7)31(14-13-29(4)5)28(34)27(24)33/h9-12,15-17,25,32H,13-14H2,1-8H3/b26-24+. The lowest BCUT2D eigenvalue weighted by Crippen LogP contribution is -2.35. The van der Waals surface area contributed by atoms with E-state index in [1.54, 1.807) is 12.0 Å². The summed E-state index contributed by atoms with van der Waals surface area (Å²) < 4.78 is 5.54. The first-order valence-electron chi connectivity index (χ1n) is 11.9. The van der Waals surface area contributed by atoms with E-state index in [2.05, 4.69) is 0 Å². The lowest BCUT2D eigenvalue weighted by molar-refractivity contribution is -0.140. The molecule has 1 aliphatic heterocycles. The number of likely N-dealkylation sites (N-methyl/N-ethyl adjacent to an activating group) is 1. The van der Waals surface area contributed by atoms with Gasteiger partial charge in [-0.3, -0.25) is 9.59 Å². The zero-order chi connectivity index (χ0) is 26.0. The smallest absolute Gasteiger partial charge is 0.295 e. The Balaban J connectivity index is 2.22. The Morgan fingerprint density at radius 1 is 1.09 bits per heavy atom. The number of aryl methyl sites for hydroxylation is 1. The maximum Gasteiger partial charge on any atom is 0.295 e. The van der Waals surface area contributed by atoms with Crippen LogP contribution in [0, 0.1) is 6.92 Å². The highest BCUT2D eigenvalue weighted by Crippen LogP contribution is 2.41. The Morgan fingerprint density at radius 3 is 2.23 bits per heavy atom. The van der Waals surface area contributed by atoms with E-state index < -0.39 is 17.7 Å². The van der Waals surface area contributed by atoms with Gasteiger partial charge in [-0.15, -0.1) is 0 Å². The summed E-state index contributed by atoms with van der Waals surface area (Å²) in [5.74, 6) is -0.528. The monoisotopic (exact) mass is 479 g/mol. The fourth-order valence-electron chi connectivity index (χ4n) is 4.45. The average molecular weight is 480 g/mol. The predicted octanol–water partition coefficient (Wildman–Crippen LogP) is 4.18. The number of likely N-dealkylation sites (tertiary alicyclic amines) is 1. The number of aliphatic hydroxyl groups is 1. The molecule has 7 heteroatoms. The van der Waals surface area contributed by atoms with E-state index in [0.717, 1.165) is 28.1 Å². The number of nitrogens with zero attached hydrogens (tertiary/aromatic N) is 3. The predicted molar refractivity (Wildman–Crippen MR) is 140 cm³/mol. The number of hydrogen-bond acceptors (Lipinski definition) is 6. The van der Waals surface area contributed by atoms with Gasteiger partial charge in [0.15, 0.2) is 0 Å². The van der Waals surface area contributed by atoms with Crippen molar-refractivity contribution < 1.29 is 19.4 Å². The second kappa shape index (κ2) is 10.5. The van der Waals surface area contributed by atoms with Crippen molar-refractivity contribution in [3.63, 3.8) is 0 Å². The van der Waals surface area contributed by atoms with E-state index in [4.69, 9.17) is 4.74 Å². The summed E-state index contributed by atoms with van der Waals surface area (Å²) in [6.07, 6.45) is 0. The number of hydrogen-bond donors (Lipinski definition) is 1. The highest BCUT2D eigenvalue weighted by Gasteiger charge is 2.46. The van der Waals surface area contributed by atoms with Crippen LogP contribution in [-0.4, -0.2) is 75.0 Å². The molecule has 2 aromatic rings. The minimum Gasteiger partial charge on any atom is -0.507 e. The fraction of sp³-hybridized carbons (Fsp3) is 0.429. The second-order valence-corrected chi connectivity index (χ2v) is 9.85. The molecule has 1 fully saturated rings. The van der Waals surface area contributed by atoms with E-state index in [1.165, 1.54) is 0 Å². The van der Waals surface area contributed by atoms with Crippen molar-refractivity contribution in [2.75, 3.05) is 53.3 Å². The minimum absolute atomic E-state index is 0.120. The van der Waals surface area contributed by atoms with Gasteiger partial charge in [-0.25, -0.2) is 0 Å². The minimum atomic E-state index is -0.671. The van der Waals surface area contributed by atoms with Gasteiger partial charge in [0.1, 0.15) is 11.5 Å². The summed E-state index contributed by atoms with van der Waals surface area (Å²) >= 11 is 0. The number of rotatable bonds is 8. The number of benzene rings is 2. The van der Waals surface area contributed by atoms with Crippen LogP contribution in [0.1, 0.15) is 48.1 Å². The number of ketones is 1. The molecule has 35 heavy (non-hydrogen) atoms. The van der Waals surface area contributed by atoms with Crippen molar-refractivity contribution >= 4 is 23.1 Å². The van der Waals surface area contributed by atoms with Crippen LogP contribution in [0.2, 0.25) is 0 Å². The molecule has 2 aromatic carbocycles. The lowest BCUT2D eigenvalue weighted by Gasteiger charge is -2.27. The number of amides is 1. The fourth-order valence-corrected chi connectivity index (χ4v) is 4.45. The third kappa shape index (κ3) is 5.20. The Morgan fingerprint density at radius 2 is 1.71 bits per heavy atom. The van der Waals surface area contributed by atoms with Crippen LogP contribution in [0.3, 0.4) is 0 Å². The SMILES string of the molecule is COc1cc(C)c(/C(O)=C2\C(=O)C(=O)N(CCN(C)C)C2c2ccc(N(C)C)cc2)cc1C(C)C. The molecule has 188 valence electrons. The number of Topliss-reactive ketones (excluding diaryl/α,β-unsaturated/α-hetero) is 1. The Kier molecular flexibility index (Phi) is 7.90. The summed E-state index contributed by atoms with van der Waals surface area (Å²) in [6, 6.07) is 10.8. The van der Waals surface area contributed by atoms with Crippen LogP contribution in [0.5, 0.6) is 5.75 Å². The van der Waals surface area contributed by atoms with E-state index in [9.17, 15) is 14.7 Å². The zero-order valence-corrected chi connectivity index (χ0v) is 22.0. The van der Waals surface area contributed by atoms with Crippen LogP contribution in [0.4, 0.5) is 5.69 Å². The maximum absolute atomic E-state index is 13.3. The van der Waals surface area contributed by atoms with Gasteiger partial charge in [0.25, 0.3) is 11.7 Å². The molecule has 0 aliphatic carbocycles. The largest absolute Gasteiger partial charge is 0.507 e. The topological polar surface area (TPSA) is 73.3 Å². The van der Waals surface area contributed by atoms with Gasteiger partial charge in [0.2, 0.25) is 0 Å². The molecule has 0 aromatic heterocycles. The number of carbonyl (C=O) groups excluding carboxylic acids is 2. The normalized spacial score (nSPS) is 17.5. The van der Waals surface area contributed by atoms with Gasteiger partial charge in [0.05, 0.1) is 18.7 Å². The van der Waals surface area contributed by atoms with E-state index in [-0.39, 0.29) is 17.3 Å². The maximum atomic E-state index is 13.3. The second-order valence-electron chi connectivity index (χ2n) is 9.85. The molecule has 3 rings (SSSR count). The molecule has 1 N–H and O–H groups in total. The molecule has 0 radical (unpaired) electrons. The molecule has 0 bridgehead atoms. The quantitative estimate of drug-likeness (QED) is 0.348. The van der Waals surface area contributed by atoms with Crippen LogP contribution < -0.4 is 9.64 Å². The number of aliphatic hydroxyl groups excluding tert-OH is 1. The summed E-state index contributed by atoms with van der Waals surface area (Å²) in [6.45, 7) is 6.92. The van der Waals surface area contributed by atoms with Gasteiger partial charge in [-0.1, -0.05) is 26.0 Å². The van der Waals surface area contributed by atoms with Gasteiger partial charge in [-0.2, -0.15) is 0 Å². The van der Waals surface area contributed by atoms with Crippen LogP contribution >= 0.6 is 0 Å². The first-order valence-corrected chi connectivity index (χ1v) is 11.9. The highest BCUT2D eigenvalue weighted by molar-refractivity contribution is 6.46. The van der Waals surface area contributed by atoms with E-state index >= 15 is 0 Å². The molecule has 1 unspecified atom stereocenters. The molecular weight excluding hydrogens is 442 g/mol. The van der Waals surface area contributed by atoms with E-state index in [1.807, 2.05) is 95.2 Å². The first-order chi connectivity index (χ1) is 16.5. The van der Waals surface area contributed by atoms with Crippen LogP contribution in [0.25, 0.3) is 5.76 Å². The zero-order valence-electron chi connectivity index (χ0n) is 22.0. The molecule has 1 heterocycles. The lowest BCUT2D eigenvalue weighted by atomic mass is 9.91. The first kappa shape index (κ1) is 26.3. The molecular formula is C28H37N3O4. The Bertz CT molecular complexity index is 1130. The van der Waals surface area contributed by atoms with Crippen molar-refractivity contribution in [3.05, 3.63) is 64.2 Å². The van der Waals surface area contributed by atoms with Crippen molar-refractivity contribution in [2.45, 2.75) is 32.7 Å². The molecule has 1 atom stereocenters. The number of anilines is 1. The van der Waals surface area contributed by atoms with Crippen molar-refractivity contribution in [1.29, 1.82) is 0 Å². The molecule has 1 amide bonds. The van der Waals surface area contributed by atoms with E-state index in [0.29, 0.717) is 18.7 Å². The highest BCUT2D eigenvalue weighted by atomic mass is 16.5. The summed E-state index contributed by atoms with van der Waals surface area (Å²) in [5, 5.41) is 11.5. The summed E-state index contributed by atoms with van der Waals surface area (Å²) in [4.78, 5) is 32.0.